The molecule has 0 saturated carbocycles. The van der Waals surface area contributed by atoms with Crippen LogP contribution in [0.3, 0.4) is 0 Å². The third-order valence-corrected chi connectivity index (χ3v) is 3.03. The predicted molar refractivity (Wildman–Crippen MR) is 55.3 cm³/mol. The van der Waals surface area contributed by atoms with Crippen LogP contribution in [0.5, 0.6) is 0 Å². The fourth-order valence-electron chi connectivity index (χ4n) is 1.11. The lowest BCUT2D eigenvalue weighted by Crippen LogP contribution is -1.83. The molecule has 0 spiro atoms. The van der Waals surface area contributed by atoms with Crippen molar-refractivity contribution in [2.75, 3.05) is 0 Å². The molecule has 0 aliphatic carbocycles. The summed E-state index contributed by atoms with van der Waals surface area (Å²) in [6.07, 6.45) is 4.97. The van der Waals surface area contributed by atoms with E-state index in [2.05, 4.69) is 9.97 Å². The smallest absolute Gasteiger partial charge is 0.169 e. The van der Waals surface area contributed by atoms with E-state index in [0.717, 1.165) is 15.3 Å². The van der Waals surface area contributed by atoms with Crippen LogP contribution in [0.1, 0.15) is 16.6 Å². The highest BCUT2D eigenvalue weighted by Crippen LogP contribution is 2.26. The van der Waals surface area contributed by atoms with Crippen LogP contribution in [0.25, 0.3) is 10.4 Å². The molecule has 2 aromatic rings. The van der Waals surface area contributed by atoms with Crippen molar-refractivity contribution in [1.29, 1.82) is 0 Å². The monoisotopic (exact) mass is 204 g/mol. The van der Waals surface area contributed by atoms with E-state index in [4.69, 9.17) is 0 Å². The minimum absolute atomic E-state index is 0.0955. The Morgan fingerprint density at radius 1 is 1.29 bits per heavy atom. The Morgan fingerprint density at radius 3 is 2.57 bits per heavy atom. The molecule has 0 aliphatic heterocycles. The minimum atomic E-state index is 0.0955. The molecule has 0 saturated heterocycles. The summed E-state index contributed by atoms with van der Waals surface area (Å²) in [6.45, 7) is 1.57. The van der Waals surface area contributed by atoms with Gasteiger partial charge in [0.25, 0.3) is 0 Å². The van der Waals surface area contributed by atoms with E-state index in [9.17, 15) is 4.79 Å². The van der Waals surface area contributed by atoms with Gasteiger partial charge in [-0.3, -0.25) is 4.79 Å². The van der Waals surface area contributed by atoms with Gasteiger partial charge in [-0.1, -0.05) is 0 Å². The first-order chi connectivity index (χ1) is 6.77. The standard InChI is InChI=1S/C10H8N2OS/c1-7(13)9-2-3-10(14-9)8-4-11-6-12-5-8/h2-6H,1H3. The molecule has 2 heterocycles. The number of carbonyl (C=O) groups excluding carboxylic acids is 1. The third-order valence-electron chi connectivity index (χ3n) is 1.80. The zero-order valence-electron chi connectivity index (χ0n) is 7.60. The average molecular weight is 204 g/mol. The SMILES string of the molecule is CC(=O)c1ccc(-c2cncnc2)s1. The van der Waals surface area contributed by atoms with Gasteiger partial charge in [-0.25, -0.2) is 9.97 Å². The maximum absolute atomic E-state index is 11.1. The molecule has 0 atom stereocenters. The number of ketones is 1. The highest BCUT2D eigenvalue weighted by Gasteiger charge is 2.05. The molecule has 0 fully saturated rings. The second-order valence-electron chi connectivity index (χ2n) is 2.85. The first kappa shape index (κ1) is 9.02. The van der Waals surface area contributed by atoms with Crippen molar-refractivity contribution in [1.82, 2.24) is 9.97 Å². The molecule has 2 rings (SSSR count). The molecule has 0 amide bonds. The molecule has 14 heavy (non-hydrogen) atoms. The van der Waals surface area contributed by atoms with Crippen molar-refractivity contribution >= 4 is 17.1 Å². The molecule has 0 bridgehead atoms. The summed E-state index contributed by atoms with van der Waals surface area (Å²) in [5.74, 6) is 0.0955. The lowest BCUT2D eigenvalue weighted by atomic mass is 10.3. The Balaban J connectivity index is 2.39. The van der Waals surface area contributed by atoms with Crippen LogP contribution in [0.2, 0.25) is 0 Å². The molecule has 3 nitrogen and oxygen atoms in total. The lowest BCUT2D eigenvalue weighted by Gasteiger charge is -1.92. The van der Waals surface area contributed by atoms with Crippen LogP contribution in [0, 0.1) is 0 Å². The van der Waals surface area contributed by atoms with Gasteiger partial charge in [0.05, 0.1) is 4.88 Å². The molecular formula is C10H8N2OS. The maximum Gasteiger partial charge on any atom is 0.169 e. The highest BCUT2D eigenvalue weighted by molar-refractivity contribution is 7.17. The number of aromatic nitrogens is 2. The highest BCUT2D eigenvalue weighted by atomic mass is 32.1. The van der Waals surface area contributed by atoms with Crippen molar-refractivity contribution < 1.29 is 4.79 Å². The summed E-state index contributed by atoms with van der Waals surface area (Å²) in [4.78, 5) is 20.7. The van der Waals surface area contributed by atoms with Crippen LogP contribution < -0.4 is 0 Å². The average Bonchev–Trinajstić information content (AvgIpc) is 2.68. The van der Waals surface area contributed by atoms with Gasteiger partial charge < -0.3 is 0 Å². The second-order valence-corrected chi connectivity index (χ2v) is 3.93. The fraction of sp³-hybridized carbons (Fsp3) is 0.100. The number of Topliss-reactive ketones (excluding diaryl/α,β-unsaturated/α-hetero) is 1. The topological polar surface area (TPSA) is 42.9 Å². The third kappa shape index (κ3) is 1.70. The van der Waals surface area contributed by atoms with Crippen molar-refractivity contribution in [3.63, 3.8) is 0 Å². The summed E-state index contributed by atoms with van der Waals surface area (Å²) >= 11 is 1.46. The van der Waals surface area contributed by atoms with Gasteiger partial charge in [0.15, 0.2) is 5.78 Å². The van der Waals surface area contributed by atoms with Crippen molar-refractivity contribution in [3.05, 3.63) is 35.7 Å². The number of thiophene rings is 1. The number of nitrogens with zero attached hydrogens (tertiary/aromatic N) is 2. The quantitative estimate of drug-likeness (QED) is 0.705. The first-order valence-electron chi connectivity index (χ1n) is 4.13. The summed E-state index contributed by atoms with van der Waals surface area (Å²) in [6, 6.07) is 3.75. The van der Waals surface area contributed by atoms with Gasteiger partial charge in [0.1, 0.15) is 6.33 Å². The van der Waals surface area contributed by atoms with E-state index in [1.807, 2.05) is 12.1 Å². The first-order valence-corrected chi connectivity index (χ1v) is 4.95. The van der Waals surface area contributed by atoms with E-state index >= 15 is 0 Å². The van der Waals surface area contributed by atoms with Gasteiger partial charge in [-0.05, 0) is 19.1 Å². The largest absolute Gasteiger partial charge is 0.294 e. The Labute approximate surface area is 85.5 Å². The normalized spacial score (nSPS) is 10.1. The fourth-order valence-corrected chi connectivity index (χ4v) is 1.98. The predicted octanol–water partition coefficient (Wildman–Crippen LogP) is 2.41. The zero-order chi connectivity index (χ0) is 9.97. The molecule has 70 valence electrons. The number of hydrogen-bond acceptors (Lipinski definition) is 4. The van der Waals surface area contributed by atoms with Crippen LogP contribution in [0.4, 0.5) is 0 Å². The molecule has 2 aromatic heterocycles. The molecule has 0 N–H and O–H groups in total. The summed E-state index contributed by atoms with van der Waals surface area (Å²) in [7, 11) is 0. The summed E-state index contributed by atoms with van der Waals surface area (Å²) < 4.78 is 0. The molecule has 4 heteroatoms. The van der Waals surface area contributed by atoms with Gasteiger partial charge in [-0.2, -0.15) is 0 Å². The van der Waals surface area contributed by atoms with Crippen molar-refractivity contribution in [3.8, 4) is 10.4 Å². The van der Waals surface area contributed by atoms with E-state index in [1.165, 1.54) is 17.7 Å². The maximum atomic E-state index is 11.1. The number of rotatable bonds is 2. The van der Waals surface area contributed by atoms with E-state index < -0.39 is 0 Å². The number of hydrogen-bond donors (Lipinski definition) is 0. The van der Waals surface area contributed by atoms with Gasteiger partial charge >= 0.3 is 0 Å². The molecule has 0 unspecified atom stereocenters. The molecule has 0 aromatic carbocycles. The Morgan fingerprint density at radius 2 is 2.00 bits per heavy atom. The van der Waals surface area contributed by atoms with Gasteiger partial charge in [0, 0.05) is 22.8 Å². The van der Waals surface area contributed by atoms with Gasteiger partial charge in [-0.15, -0.1) is 11.3 Å². The molecule has 0 radical (unpaired) electrons. The van der Waals surface area contributed by atoms with E-state index in [-0.39, 0.29) is 5.78 Å². The molecule has 0 aliphatic rings. The number of carbonyl (C=O) groups is 1. The zero-order valence-corrected chi connectivity index (χ0v) is 8.41. The van der Waals surface area contributed by atoms with Crippen LogP contribution in [0.15, 0.2) is 30.9 Å². The minimum Gasteiger partial charge on any atom is -0.294 e. The molecular weight excluding hydrogens is 196 g/mol. The Hall–Kier alpha value is -1.55. The Bertz CT molecular complexity index is 450. The summed E-state index contributed by atoms with van der Waals surface area (Å²) in [5.41, 5.74) is 0.949. The Kier molecular flexibility index (Phi) is 2.37. The van der Waals surface area contributed by atoms with Crippen molar-refractivity contribution in [2.24, 2.45) is 0 Å². The van der Waals surface area contributed by atoms with Crippen LogP contribution in [-0.2, 0) is 0 Å². The van der Waals surface area contributed by atoms with Crippen LogP contribution >= 0.6 is 11.3 Å². The van der Waals surface area contributed by atoms with Gasteiger partial charge in [0.2, 0.25) is 0 Å². The van der Waals surface area contributed by atoms with Crippen LogP contribution in [-0.4, -0.2) is 15.8 Å². The van der Waals surface area contributed by atoms with E-state index in [1.54, 1.807) is 19.3 Å². The second kappa shape index (κ2) is 3.67. The van der Waals surface area contributed by atoms with Crippen molar-refractivity contribution in [2.45, 2.75) is 6.92 Å². The summed E-state index contributed by atoms with van der Waals surface area (Å²) in [5, 5.41) is 0. The lowest BCUT2D eigenvalue weighted by molar-refractivity contribution is 0.102. The van der Waals surface area contributed by atoms with E-state index in [0.29, 0.717) is 0 Å².